The molecule has 136 valence electrons. The number of anilines is 1. The van der Waals surface area contributed by atoms with Crippen LogP contribution in [0.4, 0.5) is 5.82 Å². The molecule has 1 aliphatic heterocycles. The van der Waals surface area contributed by atoms with Gasteiger partial charge in [0.25, 0.3) is 0 Å². The highest BCUT2D eigenvalue weighted by molar-refractivity contribution is 6.10. The first-order chi connectivity index (χ1) is 13.2. The van der Waals surface area contributed by atoms with Gasteiger partial charge in [0.15, 0.2) is 0 Å². The molecule has 1 fully saturated rings. The number of pyridine rings is 2. The summed E-state index contributed by atoms with van der Waals surface area (Å²) in [7, 11) is 0. The Morgan fingerprint density at radius 1 is 1.22 bits per heavy atom. The Morgan fingerprint density at radius 2 is 2.11 bits per heavy atom. The van der Waals surface area contributed by atoms with Crippen molar-refractivity contribution in [3.8, 4) is 11.1 Å². The van der Waals surface area contributed by atoms with E-state index in [0.29, 0.717) is 23.0 Å². The van der Waals surface area contributed by atoms with Crippen molar-refractivity contribution < 1.29 is 0 Å². The molecule has 0 aliphatic carbocycles. The zero-order valence-electron chi connectivity index (χ0n) is 14.9. The number of hydrogen-bond acceptors (Lipinski definition) is 6. The Balaban J connectivity index is 1.89. The number of nitrogens with two attached hydrogens (primary N) is 2. The molecular formula is C21H22N6. The minimum Gasteiger partial charge on any atom is -0.404 e. The lowest BCUT2D eigenvalue weighted by Gasteiger charge is -2.16. The second kappa shape index (κ2) is 7.17. The Morgan fingerprint density at radius 3 is 2.85 bits per heavy atom. The van der Waals surface area contributed by atoms with Crippen molar-refractivity contribution in [3.05, 3.63) is 60.2 Å². The fourth-order valence-corrected chi connectivity index (χ4v) is 3.71. The molecule has 6 nitrogen and oxygen atoms in total. The maximum Gasteiger partial charge on any atom is 0.131 e. The highest BCUT2D eigenvalue weighted by atomic mass is 14.9. The third-order valence-corrected chi connectivity index (χ3v) is 5.12. The van der Waals surface area contributed by atoms with Crippen molar-refractivity contribution in [2.24, 2.45) is 5.73 Å². The molecule has 27 heavy (non-hydrogen) atoms. The van der Waals surface area contributed by atoms with Gasteiger partial charge < -0.3 is 22.2 Å². The van der Waals surface area contributed by atoms with Gasteiger partial charge in [0, 0.05) is 59.1 Å². The third-order valence-electron chi connectivity index (χ3n) is 5.12. The monoisotopic (exact) mass is 358 g/mol. The lowest BCUT2D eigenvalue weighted by atomic mass is 9.93. The van der Waals surface area contributed by atoms with Crippen molar-refractivity contribution in [1.82, 2.24) is 15.3 Å². The van der Waals surface area contributed by atoms with E-state index in [1.807, 2.05) is 24.5 Å². The summed E-state index contributed by atoms with van der Waals surface area (Å²) in [4.78, 5) is 8.65. The van der Waals surface area contributed by atoms with Crippen LogP contribution in [0.25, 0.3) is 27.5 Å². The third kappa shape index (κ3) is 3.15. The van der Waals surface area contributed by atoms with Crippen LogP contribution in [0.2, 0.25) is 0 Å². The molecule has 3 aromatic rings. The first-order valence-corrected chi connectivity index (χ1v) is 9.01. The lowest BCUT2D eigenvalue weighted by molar-refractivity contribution is 0.653. The minimum atomic E-state index is 0.332. The smallest absolute Gasteiger partial charge is 0.131 e. The number of fused-ring (bicyclic) bond motifs is 1. The summed E-state index contributed by atoms with van der Waals surface area (Å²) in [5.41, 5.74) is 16.1. The molecule has 0 amide bonds. The van der Waals surface area contributed by atoms with Crippen LogP contribution in [0, 0.1) is 5.41 Å². The number of nitrogens with one attached hydrogen (secondary N) is 2. The van der Waals surface area contributed by atoms with Crippen LogP contribution in [-0.2, 0) is 0 Å². The molecule has 2 aromatic heterocycles. The minimum absolute atomic E-state index is 0.332. The van der Waals surface area contributed by atoms with Gasteiger partial charge in [-0.15, -0.1) is 0 Å². The molecule has 0 saturated carbocycles. The van der Waals surface area contributed by atoms with Gasteiger partial charge in [0.2, 0.25) is 0 Å². The summed E-state index contributed by atoms with van der Waals surface area (Å²) in [6.45, 7) is 1.04. The van der Waals surface area contributed by atoms with Gasteiger partial charge in [0.1, 0.15) is 5.82 Å². The van der Waals surface area contributed by atoms with Crippen molar-refractivity contribution >= 4 is 28.4 Å². The quantitative estimate of drug-likeness (QED) is 0.535. The number of benzene rings is 1. The maximum absolute atomic E-state index is 7.55. The number of allylic oxidation sites excluding steroid dienone is 1. The van der Waals surface area contributed by atoms with Crippen molar-refractivity contribution in [1.29, 1.82) is 5.41 Å². The molecule has 3 heterocycles. The highest BCUT2D eigenvalue weighted by Gasteiger charge is 2.20. The number of hydrogen-bond donors (Lipinski definition) is 4. The van der Waals surface area contributed by atoms with Crippen LogP contribution in [0.5, 0.6) is 0 Å². The predicted octanol–water partition coefficient (Wildman–Crippen LogP) is 3.25. The normalized spacial score (nSPS) is 17.3. The van der Waals surface area contributed by atoms with E-state index in [0.717, 1.165) is 29.5 Å². The second-order valence-corrected chi connectivity index (χ2v) is 6.73. The Labute approximate surface area is 157 Å². The fraction of sp³-hybridized carbons (Fsp3) is 0.190. The van der Waals surface area contributed by atoms with Gasteiger partial charge in [-0.25, -0.2) is 4.98 Å². The summed E-state index contributed by atoms with van der Waals surface area (Å²) >= 11 is 0. The molecule has 6 N–H and O–H groups in total. The fourth-order valence-electron chi connectivity index (χ4n) is 3.71. The summed E-state index contributed by atoms with van der Waals surface area (Å²) in [5, 5.41) is 13.5. The van der Waals surface area contributed by atoms with E-state index in [-0.39, 0.29) is 0 Å². The van der Waals surface area contributed by atoms with E-state index in [2.05, 4.69) is 27.4 Å². The molecule has 1 atom stereocenters. The number of aromatic nitrogens is 2. The van der Waals surface area contributed by atoms with Crippen LogP contribution < -0.4 is 16.8 Å². The van der Waals surface area contributed by atoms with Gasteiger partial charge >= 0.3 is 0 Å². The largest absolute Gasteiger partial charge is 0.404 e. The molecule has 1 aromatic carbocycles. The van der Waals surface area contributed by atoms with E-state index in [1.54, 1.807) is 6.20 Å². The number of nitrogens with zero attached hydrogens (tertiary/aromatic N) is 2. The van der Waals surface area contributed by atoms with E-state index in [4.69, 9.17) is 16.9 Å². The second-order valence-electron chi connectivity index (χ2n) is 6.73. The summed E-state index contributed by atoms with van der Waals surface area (Å²) in [6.07, 6.45) is 10.4. The van der Waals surface area contributed by atoms with E-state index in [1.165, 1.54) is 29.8 Å². The Kier molecular flexibility index (Phi) is 4.56. The zero-order valence-corrected chi connectivity index (χ0v) is 14.9. The van der Waals surface area contributed by atoms with Crippen LogP contribution in [0.1, 0.15) is 30.0 Å². The molecule has 1 aliphatic rings. The lowest BCUT2D eigenvalue weighted by Crippen LogP contribution is -2.13. The first kappa shape index (κ1) is 17.2. The summed E-state index contributed by atoms with van der Waals surface area (Å²) in [5.74, 6) is 0.363. The van der Waals surface area contributed by atoms with Crippen molar-refractivity contribution in [2.45, 2.75) is 18.9 Å². The average molecular weight is 358 g/mol. The standard InChI is InChI=1S/C21H22N6/c22-9-16(10-23)17-8-15(11-27-21(17)24)14-6-13-3-5-25-12-19(13)18(7-14)20-2-1-4-26-20/h3,5-12,20,22,26H,1-2,4,23H2,(H2,24,27)/b16-10+,22-9?/t20-/m1/s1. The molecule has 1 saturated heterocycles. The maximum atomic E-state index is 7.55. The number of rotatable bonds is 4. The van der Waals surface area contributed by atoms with E-state index < -0.39 is 0 Å². The summed E-state index contributed by atoms with van der Waals surface area (Å²) in [6, 6.07) is 8.66. The number of nitrogen functional groups attached to an aromatic ring is 1. The molecular weight excluding hydrogens is 336 g/mol. The molecule has 0 radical (unpaired) electrons. The van der Waals surface area contributed by atoms with E-state index >= 15 is 0 Å². The zero-order chi connectivity index (χ0) is 18.8. The predicted molar refractivity (Wildman–Crippen MR) is 110 cm³/mol. The molecule has 0 spiro atoms. The van der Waals surface area contributed by atoms with Crippen LogP contribution in [0.3, 0.4) is 0 Å². The molecule has 6 heteroatoms. The van der Waals surface area contributed by atoms with E-state index in [9.17, 15) is 0 Å². The Bertz CT molecular complexity index is 1030. The first-order valence-electron chi connectivity index (χ1n) is 9.01. The van der Waals surface area contributed by atoms with Gasteiger partial charge in [-0.3, -0.25) is 4.98 Å². The summed E-state index contributed by atoms with van der Waals surface area (Å²) < 4.78 is 0. The molecule has 4 rings (SSSR count). The van der Waals surface area contributed by atoms with Crippen LogP contribution in [-0.4, -0.2) is 22.7 Å². The topological polar surface area (TPSA) is 114 Å². The Hall–Kier alpha value is -3.25. The SMILES string of the molecule is N=C/C(=C\N)c1cc(-c2cc([C@H]3CCCN3)c3cnccc3c2)cnc1N. The van der Waals surface area contributed by atoms with Gasteiger partial charge in [-0.05, 0) is 60.2 Å². The van der Waals surface area contributed by atoms with Gasteiger partial charge in [-0.2, -0.15) is 0 Å². The average Bonchev–Trinajstić information content (AvgIpc) is 3.24. The van der Waals surface area contributed by atoms with Crippen molar-refractivity contribution in [3.63, 3.8) is 0 Å². The van der Waals surface area contributed by atoms with Crippen LogP contribution >= 0.6 is 0 Å². The molecule has 0 bridgehead atoms. The van der Waals surface area contributed by atoms with Gasteiger partial charge in [0.05, 0.1) is 0 Å². The van der Waals surface area contributed by atoms with Crippen molar-refractivity contribution in [2.75, 3.05) is 12.3 Å². The van der Waals surface area contributed by atoms with Gasteiger partial charge in [-0.1, -0.05) is 0 Å². The molecule has 0 unspecified atom stereocenters. The highest BCUT2D eigenvalue weighted by Crippen LogP contribution is 2.35. The van der Waals surface area contributed by atoms with Crippen LogP contribution in [0.15, 0.2) is 49.1 Å².